The van der Waals surface area contributed by atoms with Gasteiger partial charge in [-0.15, -0.1) is 11.8 Å². The maximum absolute atomic E-state index is 4.26. The van der Waals surface area contributed by atoms with Crippen LogP contribution >= 0.6 is 11.8 Å². The highest BCUT2D eigenvalue weighted by atomic mass is 32.2. The highest BCUT2D eigenvalue weighted by molar-refractivity contribution is 7.99. The van der Waals surface area contributed by atoms with Gasteiger partial charge in [0.05, 0.1) is 11.2 Å². The Balaban J connectivity index is 1.68. The molecular weight excluding hydrogens is 206 g/mol. The SMILES string of the molecule is c1ccc(SCCCc2cn[nH]c2)nc1. The van der Waals surface area contributed by atoms with Crippen LogP contribution < -0.4 is 0 Å². The molecular formula is C11H13N3S. The quantitative estimate of drug-likeness (QED) is 0.620. The smallest absolute Gasteiger partial charge is 0.0959 e. The molecule has 78 valence electrons. The lowest BCUT2D eigenvalue weighted by atomic mass is 10.2. The van der Waals surface area contributed by atoms with Gasteiger partial charge in [0, 0.05) is 12.4 Å². The number of aryl methyl sites for hydroxylation is 1. The number of aromatic amines is 1. The predicted molar refractivity (Wildman–Crippen MR) is 61.9 cm³/mol. The zero-order chi connectivity index (χ0) is 10.3. The number of rotatable bonds is 5. The first-order valence-electron chi connectivity index (χ1n) is 4.96. The van der Waals surface area contributed by atoms with Crippen LogP contribution in [0.4, 0.5) is 0 Å². The summed E-state index contributed by atoms with van der Waals surface area (Å²) in [7, 11) is 0. The van der Waals surface area contributed by atoms with Gasteiger partial charge in [-0.05, 0) is 36.3 Å². The van der Waals surface area contributed by atoms with Crippen molar-refractivity contribution in [3.05, 3.63) is 42.4 Å². The van der Waals surface area contributed by atoms with Gasteiger partial charge in [0.1, 0.15) is 0 Å². The van der Waals surface area contributed by atoms with E-state index in [2.05, 4.69) is 15.2 Å². The first-order valence-corrected chi connectivity index (χ1v) is 5.95. The average Bonchev–Trinajstić information content (AvgIpc) is 2.79. The van der Waals surface area contributed by atoms with Crippen LogP contribution in [0.2, 0.25) is 0 Å². The fourth-order valence-corrected chi connectivity index (χ4v) is 2.11. The van der Waals surface area contributed by atoms with E-state index in [4.69, 9.17) is 0 Å². The van der Waals surface area contributed by atoms with Gasteiger partial charge in [-0.25, -0.2) is 4.98 Å². The maximum atomic E-state index is 4.26. The van der Waals surface area contributed by atoms with Crippen LogP contribution in [-0.2, 0) is 6.42 Å². The number of nitrogens with zero attached hydrogens (tertiary/aromatic N) is 2. The topological polar surface area (TPSA) is 41.6 Å². The molecule has 0 saturated carbocycles. The summed E-state index contributed by atoms with van der Waals surface area (Å²) < 4.78 is 0. The summed E-state index contributed by atoms with van der Waals surface area (Å²) in [6.07, 6.45) is 7.90. The van der Waals surface area contributed by atoms with Gasteiger partial charge in [0.2, 0.25) is 0 Å². The summed E-state index contributed by atoms with van der Waals surface area (Å²) in [5.74, 6) is 1.10. The average molecular weight is 219 g/mol. The van der Waals surface area contributed by atoms with Crippen LogP contribution in [0.5, 0.6) is 0 Å². The third-order valence-electron chi connectivity index (χ3n) is 2.05. The molecule has 0 spiro atoms. The summed E-state index contributed by atoms with van der Waals surface area (Å²) in [6.45, 7) is 0. The summed E-state index contributed by atoms with van der Waals surface area (Å²) in [4.78, 5) is 4.26. The highest BCUT2D eigenvalue weighted by Crippen LogP contribution is 2.15. The van der Waals surface area contributed by atoms with Crippen molar-refractivity contribution in [1.29, 1.82) is 0 Å². The Bertz CT molecular complexity index is 372. The Morgan fingerprint density at radius 3 is 3.07 bits per heavy atom. The van der Waals surface area contributed by atoms with Crippen molar-refractivity contribution < 1.29 is 0 Å². The molecule has 0 bridgehead atoms. The molecule has 2 aromatic rings. The Labute approximate surface area is 93.3 Å². The van der Waals surface area contributed by atoms with Gasteiger partial charge in [0.25, 0.3) is 0 Å². The van der Waals surface area contributed by atoms with Crippen molar-refractivity contribution in [3.63, 3.8) is 0 Å². The fourth-order valence-electron chi connectivity index (χ4n) is 1.30. The van der Waals surface area contributed by atoms with E-state index in [9.17, 15) is 0 Å². The van der Waals surface area contributed by atoms with E-state index in [1.165, 1.54) is 5.56 Å². The first kappa shape index (κ1) is 10.2. The second kappa shape index (κ2) is 5.56. The monoisotopic (exact) mass is 219 g/mol. The number of aromatic nitrogens is 3. The molecule has 0 aliphatic carbocycles. The molecule has 0 amide bonds. The molecule has 0 fully saturated rings. The van der Waals surface area contributed by atoms with Crippen molar-refractivity contribution in [2.45, 2.75) is 17.9 Å². The fraction of sp³-hybridized carbons (Fsp3) is 0.273. The summed E-state index contributed by atoms with van der Waals surface area (Å²) in [6, 6.07) is 6.00. The van der Waals surface area contributed by atoms with Gasteiger partial charge >= 0.3 is 0 Å². The maximum Gasteiger partial charge on any atom is 0.0959 e. The van der Waals surface area contributed by atoms with Crippen LogP contribution in [-0.4, -0.2) is 20.9 Å². The Hall–Kier alpha value is -1.29. The van der Waals surface area contributed by atoms with Crippen LogP contribution in [0.1, 0.15) is 12.0 Å². The van der Waals surface area contributed by atoms with Gasteiger partial charge in [0.15, 0.2) is 0 Å². The molecule has 0 radical (unpaired) electrons. The Kier molecular flexibility index (Phi) is 3.79. The van der Waals surface area contributed by atoms with Crippen molar-refractivity contribution in [3.8, 4) is 0 Å². The molecule has 0 atom stereocenters. The normalized spacial score (nSPS) is 10.4. The molecule has 1 N–H and O–H groups in total. The summed E-state index contributed by atoms with van der Waals surface area (Å²) in [5.41, 5.74) is 1.27. The Morgan fingerprint density at radius 1 is 1.33 bits per heavy atom. The molecule has 0 aliphatic rings. The second-order valence-electron chi connectivity index (χ2n) is 3.23. The molecule has 0 aliphatic heterocycles. The van der Waals surface area contributed by atoms with Gasteiger partial charge < -0.3 is 0 Å². The number of H-pyrrole nitrogens is 1. The third-order valence-corrected chi connectivity index (χ3v) is 3.08. The predicted octanol–water partition coefficient (Wildman–Crippen LogP) is 2.53. The lowest BCUT2D eigenvalue weighted by molar-refractivity contribution is 0.932. The lowest BCUT2D eigenvalue weighted by Gasteiger charge is -1.99. The molecule has 0 unspecified atom stereocenters. The van der Waals surface area contributed by atoms with E-state index in [0.29, 0.717) is 0 Å². The number of pyridine rings is 1. The van der Waals surface area contributed by atoms with E-state index in [-0.39, 0.29) is 0 Å². The Morgan fingerprint density at radius 2 is 2.33 bits per heavy atom. The van der Waals surface area contributed by atoms with E-state index in [1.807, 2.05) is 36.8 Å². The number of nitrogens with one attached hydrogen (secondary N) is 1. The van der Waals surface area contributed by atoms with Gasteiger partial charge in [-0.1, -0.05) is 6.07 Å². The standard InChI is InChI=1S/C11H13N3S/c1-2-6-12-11(5-1)15-7-3-4-10-8-13-14-9-10/h1-2,5-6,8-9H,3-4,7H2,(H,13,14). The molecule has 2 rings (SSSR count). The zero-order valence-corrected chi connectivity index (χ0v) is 9.20. The van der Waals surface area contributed by atoms with Crippen LogP contribution in [0.3, 0.4) is 0 Å². The number of hydrogen-bond acceptors (Lipinski definition) is 3. The summed E-state index contributed by atoms with van der Waals surface area (Å²) >= 11 is 1.80. The van der Waals surface area contributed by atoms with Crippen molar-refractivity contribution in [2.75, 3.05) is 5.75 Å². The summed E-state index contributed by atoms with van der Waals surface area (Å²) in [5, 5.41) is 7.84. The zero-order valence-electron chi connectivity index (χ0n) is 8.39. The minimum atomic E-state index is 1.08. The number of thioether (sulfide) groups is 1. The molecule has 4 heteroatoms. The van der Waals surface area contributed by atoms with E-state index < -0.39 is 0 Å². The van der Waals surface area contributed by atoms with Crippen molar-refractivity contribution >= 4 is 11.8 Å². The first-order chi connectivity index (χ1) is 7.45. The third kappa shape index (κ3) is 3.40. The van der Waals surface area contributed by atoms with E-state index in [0.717, 1.165) is 23.6 Å². The minimum Gasteiger partial charge on any atom is -0.285 e. The largest absolute Gasteiger partial charge is 0.285 e. The molecule has 2 heterocycles. The number of hydrogen-bond donors (Lipinski definition) is 1. The van der Waals surface area contributed by atoms with E-state index >= 15 is 0 Å². The van der Waals surface area contributed by atoms with Gasteiger partial charge in [-0.3, -0.25) is 5.10 Å². The molecule has 0 aromatic carbocycles. The second-order valence-corrected chi connectivity index (χ2v) is 4.34. The van der Waals surface area contributed by atoms with Crippen LogP contribution in [0, 0.1) is 0 Å². The molecule has 15 heavy (non-hydrogen) atoms. The molecule has 3 nitrogen and oxygen atoms in total. The van der Waals surface area contributed by atoms with E-state index in [1.54, 1.807) is 11.8 Å². The van der Waals surface area contributed by atoms with Crippen LogP contribution in [0.25, 0.3) is 0 Å². The molecule has 0 saturated heterocycles. The van der Waals surface area contributed by atoms with Crippen molar-refractivity contribution in [2.24, 2.45) is 0 Å². The van der Waals surface area contributed by atoms with Gasteiger partial charge in [-0.2, -0.15) is 5.10 Å². The van der Waals surface area contributed by atoms with Crippen LogP contribution in [0.15, 0.2) is 41.8 Å². The lowest BCUT2D eigenvalue weighted by Crippen LogP contribution is -1.86. The highest BCUT2D eigenvalue weighted by Gasteiger charge is 1.96. The minimum absolute atomic E-state index is 1.08. The van der Waals surface area contributed by atoms with Crippen molar-refractivity contribution in [1.82, 2.24) is 15.2 Å². The molecule has 2 aromatic heterocycles.